The number of carbonyl (C=O) groups excluding carboxylic acids is 2. The van der Waals surface area contributed by atoms with Gasteiger partial charge in [-0.15, -0.1) is 11.8 Å². The van der Waals surface area contributed by atoms with Crippen LogP contribution in [0.5, 0.6) is 0 Å². The van der Waals surface area contributed by atoms with Crippen LogP contribution < -0.4 is 5.32 Å². The van der Waals surface area contributed by atoms with Gasteiger partial charge in [0.2, 0.25) is 0 Å². The van der Waals surface area contributed by atoms with Crippen LogP contribution in [0.4, 0.5) is 10.1 Å². The van der Waals surface area contributed by atoms with E-state index >= 15 is 0 Å². The van der Waals surface area contributed by atoms with Crippen LogP contribution in [0.3, 0.4) is 0 Å². The number of benzene rings is 3. The molecule has 0 bridgehead atoms. The number of hydrogen-bond donors (Lipinski definition) is 1. The second kappa shape index (κ2) is 8.51. The molecule has 4 nitrogen and oxygen atoms in total. The molecule has 1 N–H and O–H groups in total. The Morgan fingerprint density at radius 2 is 1.68 bits per heavy atom. The minimum Gasteiger partial charge on any atom is -0.322 e. The minimum atomic E-state index is -0.466. The molecule has 3 rings (SSSR count). The van der Waals surface area contributed by atoms with Crippen LogP contribution in [-0.4, -0.2) is 17.9 Å². The number of hydrogen-bond acceptors (Lipinski definition) is 4. The van der Waals surface area contributed by atoms with Gasteiger partial charge in [0.25, 0.3) is 5.91 Å². The van der Waals surface area contributed by atoms with Crippen LogP contribution in [0.15, 0.2) is 71.6 Å². The van der Waals surface area contributed by atoms with Gasteiger partial charge >= 0.3 is 0 Å². The molecule has 6 heteroatoms. The summed E-state index contributed by atoms with van der Waals surface area (Å²) in [4.78, 5) is 26.4. The Morgan fingerprint density at radius 1 is 1.00 bits per heavy atom. The summed E-state index contributed by atoms with van der Waals surface area (Å²) in [6.45, 7) is 0. The highest BCUT2D eigenvalue weighted by atomic mass is 32.2. The second-order valence-electron chi connectivity index (χ2n) is 5.86. The van der Waals surface area contributed by atoms with E-state index in [1.807, 2.05) is 6.26 Å². The Labute approximate surface area is 166 Å². The number of amides is 1. The van der Waals surface area contributed by atoms with E-state index in [1.165, 1.54) is 36.0 Å². The van der Waals surface area contributed by atoms with Crippen molar-refractivity contribution in [2.24, 2.45) is 0 Å². The Bertz CT molecular complexity index is 1090. The van der Waals surface area contributed by atoms with Gasteiger partial charge in [-0.3, -0.25) is 9.59 Å². The zero-order valence-corrected chi connectivity index (χ0v) is 15.7. The van der Waals surface area contributed by atoms with Gasteiger partial charge in [-0.25, -0.2) is 4.39 Å². The van der Waals surface area contributed by atoms with E-state index in [-0.39, 0.29) is 22.5 Å². The van der Waals surface area contributed by atoms with E-state index < -0.39 is 11.7 Å². The molecule has 0 heterocycles. The summed E-state index contributed by atoms with van der Waals surface area (Å²) < 4.78 is 13.1. The molecule has 0 atom stereocenters. The molecule has 3 aromatic rings. The van der Waals surface area contributed by atoms with Crippen molar-refractivity contribution in [2.45, 2.75) is 4.90 Å². The summed E-state index contributed by atoms with van der Waals surface area (Å²) in [6.07, 6.45) is 1.87. The van der Waals surface area contributed by atoms with Gasteiger partial charge in [0, 0.05) is 21.7 Å². The molecule has 3 aromatic carbocycles. The van der Waals surface area contributed by atoms with Gasteiger partial charge < -0.3 is 5.32 Å². The largest absolute Gasteiger partial charge is 0.322 e. The van der Waals surface area contributed by atoms with E-state index in [4.69, 9.17) is 0 Å². The van der Waals surface area contributed by atoms with Gasteiger partial charge in [0.1, 0.15) is 11.9 Å². The number of halogens is 1. The number of nitriles is 1. The SMILES string of the molecule is CSc1ccc(NC(=O)c2ccccc2C(=O)c2ccc(F)cc2)cc1C#N. The standard InChI is InChI=1S/C22H15FN2O2S/c1-28-20-11-10-17(12-15(20)13-24)25-22(27)19-5-3-2-4-18(19)21(26)14-6-8-16(23)9-7-14/h2-12H,1H3,(H,25,27). The van der Waals surface area contributed by atoms with Crippen LogP contribution in [0.25, 0.3) is 0 Å². The maximum absolute atomic E-state index is 13.1. The summed E-state index contributed by atoms with van der Waals surface area (Å²) >= 11 is 1.44. The molecule has 0 aliphatic heterocycles. The molecule has 0 aliphatic rings. The molecule has 0 saturated heterocycles. The molecule has 0 aliphatic carbocycles. The molecule has 0 saturated carbocycles. The lowest BCUT2D eigenvalue weighted by atomic mass is 9.98. The Hall–Kier alpha value is -3.43. The Morgan fingerprint density at radius 3 is 2.32 bits per heavy atom. The van der Waals surface area contributed by atoms with Gasteiger partial charge in [0.15, 0.2) is 5.78 Å². The lowest BCUT2D eigenvalue weighted by molar-refractivity contribution is 0.0996. The monoisotopic (exact) mass is 390 g/mol. The maximum atomic E-state index is 13.1. The van der Waals surface area contributed by atoms with Crippen LogP contribution in [0.2, 0.25) is 0 Å². The van der Waals surface area contributed by atoms with E-state index in [1.54, 1.807) is 42.5 Å². The third-order valence-corrected chi connectivity index (χ3v) is 4.90. The lowest BCUT2D eigenvalue weighted by Crippen LogP contribution is -2.17. The van der Waals surface area contributed by atoms with Crippen molar-refractivity contribution < 1.29 is 14.0 Å². The van der Waals surface area contributed by atoms with Crippen molar-refractivity contribution >= 4 is 29.1 Å². The first-order valence-corrected chi connectivity index (χ1v) is 9.54. The van der Waals surface area contributed by atoms with Gasteiger partial charge in [-0.2, -0.15) is 5.26 Å². The van der Waals surface area contributed by atoms with Crippen molar-refractivity contribution in [2.75, 3.05) is 11.6 Å². The van der Waals surface area contributed by atoms with Gasteiger partial charge in [0.05, 0.1) is 11.1 Å². The number of rotatable bonds is 5. The highest BCUT2D eigenvalue weighted by molar-refractivity contribution is 7.98. The van der Waals surface area contributed by atoms with Gasteiger partial charge in [-0.1, -0.05) is 18.2 Å². The molecule has 0 unspecified atom stereocenters. The third kappa shape index (κ3) is 4.11. The Balaban J connectivity index is 1.90. The maximum Gasteiger partial charge on any atom is 0.256 e. The number of carbonyl (C=O) groups is 2. The van der Waals surface area contributed by atoms with Crippen molar-refractivity contribution in [1.29, 1.82) is 5.26 Å². The summed E-state index contributed by atoms with van der Waals surface area (Å²) in [5, 5.41) is 12.0. The molecule has 138 valence electrons. The number of thioether (sulfide) groups is 1. The first kappa shape index (κ1) is 19.3. The highest BCUT2D eigenvalue weighted by Crippen LogP contribution is 2.24. The molecular formula is C22H15FN2O2S. The normalized spacial score (nSPS) is 10.2. The molecule has 0 fully saturated rings. The van der Waals surface area contributed by atoms with Crippen LogP contribution in [0.1, 0.15) is 31.8 Å². The fraction of sp³-hybridized carbons (Fsp3) is 0.0455. The van der Waals surface area contributed by atoms with E-state index in [0.717, 1.165) is 4.90 Å². The summed E-state index contributed by atoms with van der Waals surface area (Å²) in [5.74, 6) is -1.28. The van der Waals surface area contributed by atoms with E-state index in [9.17, 15) is 19.2 Å². The lowest BCUT2D eigenvalue weighted by Gasteiger charge is -2.11. The van der Waals surface area contributed by atoms with E-state index in [2.05, 4.69) is 11.4 Å². The predicted molar refractivity (Wildman–Crippen MR) is 107 cm³/mol. The fourth-order valence-electron chi connectivity index (χ4n) is 2.71. The average Bonchev–Trinajstić information content (AvgIpc) is 2.73. The number of nitrogens with one attached hydrogen (secondary N) is 1. The highest BCUT2D eigenvalue weighted by Gasteiger charge is 2.18. The smallest absolute Gasteiger partial charge is 0.256 e. The first-order chi connectivity index (χ1) is 13.5. The Kier molecular flexibility index (Phi) is 5.87. The number of nitrogens with zero attached hydrogens (tertiary/aromatic N) is 1. The summed E-state index contributed by atoms with van der Waals surface area (Å²) in [6, 6.07) is 18.7. The molecule has 0 radical (unpaired) electrons. The molecule has 0 spiro atoms. The molecular weight excluding hydrogens is 375 g/mol. The molecule has 28 heavy (non-hydrogen) atoms. The predicted octanol–water partition coefficient (Wildman–Crippen LogP) is 4.90. The van der Waals surface area contributed by atoms with Crippen LogP contribution in [0, 0.1) is 17.1 Å². The number of ketones is 1. The van der Waals surface area contributed by atoms with Crippen molar-refractivity contribution in [3.05, 3.63) is 94.8 Å². The van der Waals surface area contributed by atoms with Crippen molar-refractivity contribution in [1.82, 2.24) is 0 Å². The summed E-state index contributed by atoms with van der Waals surface area (Å²) in [7, 11) is 0. The quantitative estimate of drug-likeness (QED) is 0.497. The van der Waals surface area contributed by atoms with Crippen molar-refractivity contribution in [3.8, 4) is 6.07 Å². The topological polar surface area (TPSA) is 70.0 Å². The van der Waals surface area contributed by atoms with Crippen LogP contribution >= 0.6 is 11.8 Å². The van der Waals surface area contributed by atoms with E-state index in [0.29, 0.717) is 11.3 Å². The average molecular weight is 390 g/mol. The summed E-state index contributed by atoms with van der Waals surface area (Å²) in [5.41, 5.74) is 1.62. The zero-order chi connectivity index (χ0) is 20.1. The first-order valence-electron chi connectivity index (χ1n) is 8.32. The third-order valence-electron chi connectivity index (χ3n) is 4.10. The van der Waals surface area contributed by atoms with Gasteiger partial charge in [-0.05, 0) is 54.8 Å². The van der Waals surface area contributed by atoms with Crippen molar-refractivity contribution in [3.63, 3.8) is 0 Å². The zero-order valence-electron chi connectivity index (χ0n) is 14.9. The molecule has 1 amide bonds. The molecule has 0 aromatic heterocycles. The van der Waals surface area contributed by atoms with Crippen LogP contribution in [-0.2, 0) is 0 Å². The second-order valence-corrected chi connectivity index (χ2v) is 6.71. The fourth-order valence-corrected chi connectivity index (χ4v) is 3.24. The number of anilines is 1. The minimum absolute atomic E-state index is 0.198.